The second-order valence-electron chi connectivity index (χ2n) is 4.80. The van der Waals surface area contributed by atoms with Gasteiger partial charge in [-0.1, -0.05) is 33.6 Å². The van der Waals surface area contributed by atoms with Gasteiger partial charge >= 0.3 is 0 Å². The summed E-state index contributed by atoms with van der Waals surface area (Å²) in [6.45, 7) is 10.7. The van der Waals surface area contributed by atoms with Crippen LogP contribution in [-0.2, 0) is 13.1 Å². The third-order valence-corrected chi connectivity index (χ3v) is 3.06. The van der Waals surface area contributed by atoms with Gasteiger partial charge in [0.1, 0.15) is 0 Å². The zero-order valence-electron chi connectivity index (χ0n) is 12.1. The normalized spacial score (nSPS) is 11.3. The van der Waals surface area contributed by atoms with Crippen molar-refractivity contribution in [3.8, 4) is 0 Å². The molecule has 0 amide bonds. The van der Waals surface area contributed by atoms with E-state index in [-0.39, 0.29) is 0 Å². The van der Waals surface area contributed by atoms with Crippen LogP contribution in [-0.4, -0.2) is 38.2 Å². The van der Waals surface area contributed by atoms with Crippen LogP contribution in [0.15, 0.2) is 0 Å². The van der Waals surface area contributed by atoms with Crippen molar-refractivity contribution < 1.29 is 0 Å². The predicted molar refractivity (Wildman–Crippen MR) is 73.2 cm³/mol. The highest BCUT2D eigenvalue weighted by Crippen LogP contribution is 2.05. The summed E-state index contributed by atoms with van der Waals surface area (Å²) in [7, 11) is 0. The molecule has 0 aliphatic carbocycles. The van der Waals surface area contributed by atoms with Crippen molar-refractivity contribution in [3.63, 3.8) is 0 Å². The molecule has 5 heteroatoms. The molecule has 5 nitrogen and oxygen atoms in total. The quantitative estimate of drug-likeness (QED) is 0.642. The molecule has 18 heavy (non-hydrogen) atoms. The minimum Gasteiger partial charge on any atom is -0.296 e. The zero-order chi connectivity index (χ0) is 13.2. The van der Waals surface area contributed by atoms with E-state index in [0.29, 0.717) is 0 Å². The standard InChI is InChI=1S/C13H27N5/c1-4-7-10-17(11-8-5-2)12-13-14-15-16-18(13)9-6-3/h4-12H2,1-3H3. The number of nitrogens with zero attached hydrogens (tertiary/aromatic N) is 5. The number of aryl methyl sites for hydroxylation is 1. The van der Waals surface area contributed by atoms with Gasteiger partial charge in [0.25, 0.3) is 0 Å². The third kappa shape index (κ3) is 5.12. The van der Waals surface area contributed by atoms with Crippen LogP contribution in [0, 0.1) is 0 Å². The number of aromatic nitrogens is 4. The fourth-order valence-corrected chi connectivity index (χ4v) is 1.96. The first kappa shape index (κ1) is 15.1. The van der Waals surface area contributed by atoms with E-state index in [0.717, 1.165) is 38.4 Å². The summed E-state index contributed by atoms with van der Waals surface area (Å²) in [4.78, 5) is 2.48. The van der Waals surface area contributed by atoms with Gasteiger partial charge in [-0.3, -0.25) is 4.90 Å². The number of rotatable bonds is 10. The molecule has 0 saturated carbocycles. The molecule has 104 valence electrons. The number of hydrogen-bond donors (Lipinski definition) is 0. The Morgan fingerprint density at radius 2 is 1.67 bits per heavy atom. The van der Waals surface area contributed by atoms with Crippen molar-refractivity contribution in [1.29, 1.82) is 0 Å². The molecule has 0 aliphatic heterocycles. The Bertz CT molecular complexity index is 302. The van der Waals surface area contributed by atoms with Gasteiger partial charge in [-0.25, -0.2) is 4.68 Å². The maximum absolute atomic E-state index is 4.15. The molecule has 1 heterocycles. The van der Waals surface area contributed by atoms with Crippen molar-refractivity contribution in [2.75, 3.05) is 13.1 Å². The molecule has 0 saturated heterocycles. The minimum atomic E-state index is 0.882. The van der Waals surface area contributed by atoms with Crippen LogP contribution >= 0.6 is 0 Å². The van der Waals surface area contributed by atoms with Gasteiger partial charge < -0.3 is 0 Å². The lowest BCUT2D eigenvalue weighted by Crippen LogP contribution is -2.27. The van der Waals surface area contributed by atoms with Crippen molar-refractivity contribution in [2.45, 2.75) is 66.0 Å². The van der Waals surface area contributed by atoms with Gasteiger partial charge in [-0.05, 0) is 42.8 Å². The van der Waals surface area contributed by atoms with Crippen molar-refractivity contribution in [3.05, 3.63) is 5.82 Å². The average Bonchev–Trinajstić information content (AvgIpc) is 2.80. The predicted octanol–water partition coefficient (Wildman–Crippen LogP) is 2.49. The highest BCUT2D eigenvalue weighted by atomic mass is 15.5. The van der Waals surface area contributed by atoms with Crippen molar-refractivity contribution in [1.82, 2.24) is 25.1 Å². The molecule has 0 aromatic carbocycles. The van der Waals surface area contributed by atoms with Crippen LogP contribution in [0.4, 0.5) is 0 Å². The summed E-state index contributed by atoms with van der Waals surface area (Å²) >= 11 is 0. The molecule has 0 unspecified atom stereocenters. The van der Waals surface area contributed by atoms with Crippen molar-refractivity contribution in [2.24, 2.45) is 0 Å². The van der Waals surface area contributed by atoms with Gasteiger partial charge in [0.2, 0.25) is 0 Å². The number of tetrazole rings is 1. The molecule has 0 aliphatic rings. The van der Waals surface area contributed by atoms with Crippen LogP contribution in [0.1, 0.15) is 58.7 Å². The maximum atomic E-state index is 4.15. The van der Waals surface area contributed by atoms with Gasteiger partial charge in [0.15, 0.2) is 5.82 Å². The van der Waals surface area contributed by atoms with Crippen LogP contribution in [0.5, 0.6) is 0 Å². The molecule has 0 bridgehead atoms. The Kier molecular flexibility index (Phi) is 7.57. The van der Waals surface area contributed by atoms with E-state index in [1.165, 1.54) is 25.7 Å². The van der Waals surface area contributed by atoms with E-state index in [4.69, 9.17) is 0 Å². The van der Waals surface area contributed by atoms with E-state index in [9.17, 15) is 0 Å². The zero-order valence-corrected chi connectivity index (χ0v) is 12.1. The molecule has 0 atom stereocenters. The summed E-state index contributed by atoms with van der Waals surface area (Å²) in [5, 5.41) is 12.0. The smallest absolute Gasteiger partial charge is 0.165 e. The maximum Gasteiger partial charge on any atom is 0.165 e. The Hall–Kier alpha value is -0.970. The Balaban J connectivity index is 2.53. The molecule has 0 spiro atoms. The SMILES string of the molecule is CCCCN(CCCC)Cc1nnnn1CCC. The highest BCUT2D eigenvalue weighted by molar-refractivity contribution is 4.81. The third-order valence-electron chi connectivity index (χ3n) is 3.06. The summed E-state index contributed by atoms with van der Waals surface area (Å²) in [6, 6.07) is 0. The fourth-order valence-electron chi connectivity index (χ4n) is 1.96. The monoisotopic (exact) mass is 253 g/mol. The molecular weight excluding hydrogens is 226 g/mol. The molecule has 1 rings (SSSR count). The van der Waals surface area contributed by atoms with Gasteiger partial charge in [-0.2, -0.15) is 0 Å². The lowest BCUT2D eigenvalue weighted by atomic mass is 10.2. The average molecular weight is 253 g/mol. The highest BCUT2D eigenvalue weighted by Gasteiger charge is 2.11. The Morgan fingerprint density at radius 3 is 2.22 bits per heavy atom. The number of unbranched alkanes of at least 4 members (excludes halogenated alkanes) is 2. The van der Waals surface area contributed by atoms with E-state index in [1.807, 2.05) is 4.68 Å². The first-order chi connectivity index (χ1) is 8.81. The second-order valence-corrected chi connectivity index (χ2v) is 4.80. The molecule has 0 radical (unpaired) electrons. The van der Waals surface area contributed by atoms with E-state index < -0.39 is 0 Å². The largest absolute Gasteiger partial charge is 0.296 e. The summed E-state index contributed by atoms with van der Waals surface area (Å²) < 4.78 is 1.94. The number of hydrogen-bond acceptors (Lipinski definition) is 4. The Morgan fingerprint density at radius 1 is 1.00 bits per heavy atom. The lowest BCUT2D eigenvalue weighted by Gasteiger charge is -2.21. The molecule has 1 aromatic rings. The van der Waals surface area contributed by atoms with E-state index >= 15 is 0 Å². The topological polar surface area (TPSA) is 46.8 Å². The van der Waals surface area contributed by atoms with Gasteiger partial charge in [0.05, 0.1) is 6.54 Å². The van der Waals surface area contributed by atoms with Crippen LogP contribution in [0.25, 0.3) is 0 Å². The van der Waals surface area contributed by atoms with Gasteiger partial charge in [0, 0.05) is 6.54 Å². The van der Waals surface area contributed by atoms with Crippen LogP contribution in [0.2, 0.25) is 0 Å². The first-order valence-corrected chi connectivity index (χ1v) is 7.29. The van der Waals surface area contributed by atoms with Crippen LogP contribution in [0.3, 0.4) is 0 Å². The summed E-state index contributed by atoms with van der Waals surface area (Å²) in [5.41, 5.74) is 0. The lowest BCUT2D eigenvalue weighted by molar-refractivity contribution is 0.245. The fraction of sp³-hybridized carbons (Fsp3) is 0.923. The van der Waals surface area contributed by atoms with Gasteiger partial charge in [-0.15, -0.1) is 5.10 Å². The summed E-state index contributed by atoms with van der Waals surface area (Å²) in [6.07, 6.45) is 6.05. The molecule has 1 aromatic heterocycles. The Labute approximate surface area is 111 Å². The van der Waals surface area contributed by atoms with E-state index in [2.05, 4.69) is 41.2 Å². The summed E-state index contributed by atoms with van der Waals surface area (Å²) in [5.74, 6) is 1.00. The molecule has 0 fully saturated rings. The first-order valence-electron chi connectivity index (χ1n) is 7.29. The molecule has 0 N–H and O–H groups in total. The molecular formula is C13H27N5. The van der Waals surface area contributed by atoms with E-state index in [1.54, 1.807) is 0 Å². The van der Waals surface area contributed by atoms with Crippen molar-refractivity contribution >= 4 is 0 Å². The van der Waals surface area contributed by atoms with Crippen LogP contribution < -0.4 is 0 Å². The minimum absolute atomic E-state index is 0.882. The second kappa shape index (κ2) is 9.03.